The van der Waals surface area contributed by atoms with Crippen molar-refractivity contribution in [2.24, 2.45) is 5.73 Å². The summed E-state index contributed by atoms with van der Waals surface area (Å²) >= 11 is 0. The highest BCUT2D eigenvalue weighted by Crippen LogP contribution is 2.11. The molecule has 116 valence electrons. The molecule has 1 aromatic carbocycles. The van der Waals surface area contributed by atoms with Crippen LogP contribution in [0.5, 0.6) is 0 Å². The summed E-state index contributed by atoms with van der Waals surface area (Å²) < 4.78 is 0. The Morgan fingerprint density at radius 3 is 2.64 bits per heavy atom. The number of carbonyl (C=O) groups is 1. The van der Waals surface area contributed by atoms with Gasteiger partial charge in [0.2, 0.25) is 5.91 Å². The van der Waals surface area contributed by atoms with Crippen LogP contribution in [0.25, 0.3) is 0 Å². The fourth-order valence-electron chi connectivity index (χ4n) is 2.02. The summed E-state index contributed by atoms with van der Waals surface area (Å²) in [5, 5.41) is 6.05. The van der Waals surface area contributed by atoms with Crippen molar-refractivity contribution in [1.82, 2.24) is 10.3 Å². The van der Waals surface area contributed by atoms with Crippen molar-refractivity contribution < 1.29 is 4.79 Å². The molecule has 2 aromatic rings. The number of nitrogens with two attached hydrogens (primary N) is 1. The van der Waals surface area contributed by atoms with E-state index < -0.39 is 6.04 Å². The minimum Gasteiger partial charge on any atom is -0.370 e. The van der Waals surface area contributed by atoms with E-state index in [1.165, 1.54) is 0 Å². The van der Waals surface area contributed by atoms with Gasteiger partial charge in [0.1, 0.15) is 11.9 Å². The van der Waals surface area contributed by atoms with E-state index in [-0.39, 0.29) is 5.91 Å². The van der Waals surface area contributed by atoms with Crippen LogP contribution < -0.4 is 16.4 Å². The molecule has 2 rings (SSSR count). The monoisotopic (exact) mass is 298 g/mol. The second kappa shape index (κ2) is 8.14. The van der Waals surface area contributed by atoms with Crippen LogP contribution in [0.3, 0.4) is 0 Å². The fraction of sp³-hybridized carbons (Fsp3) is 0.294. The Hall–Kier alpha value is -2.40. The first-order chi connectivity index (χ1) is 10.7. The van der Waals surface area contributed by atoms with Crippen molar-refractivity contribution >= 4 is 11.7 Å². The molecule has 0 saturated heterocycles. The molecule has 5 heteroatoms. The highest BCUT2D eigenvalue weighted by atomic mass is 16.2. The summed E-state index contributed by atoms with van der Waals surface area (Å²) in [7, 11) is 0. The Labute approximate surface area is 130 Å². The second-order valence-electron chi connectivity index (χ2n) is 5.17. The molecule has 1 atom stereocenters. The lowest BCUT2D eigenvalue weighted by atomic mass is 10.1. The van der Waals surface area contributed by atoms with Crippen molar-refractivity contribution in [2.45, 2.75) is 19.4 Å². The lowest BCUT2D eigenvalue weighted by molar-refractivity contribution is -0.122. The third-order valence-corrected chi connectivity index (χ3v) is 3.34. The van der Waals surface area contributed by atoms with Gasteiger partial charge in [0.05, 0.1) is 0 Å². The van der Waals surface area contributed by atoms with Crippen molar-refractivity contribution in [3.8, 4) is 0 Å². The highest BCUT2D eigenvalue weighted by Gasteiger charge is 2.14. The summed E-state index contributed by atoms with van der Waals surface area (Å²) in [5.41, 5.74) is 7.94. The van der Waals surface area contributed by atoms with Gasteiger partial charge in [-0.2, -0.15) is 0 Å². The summed E-state index contributed by atoms with van der Waals surface area (Å²) in [6.45, 7) is 3.33. The van der Waals surface area contributed by atoms with E-state index in [1.807, 2.05) is 49.4 Å². The second-order valence-corrected chi connectivity index (χ2v) is 5.17. The van der Waals surface area contributed by atoms with Crippen LogP contribution in [-0.2, 0) is 4.79 Å². The van der Waals surface area contributed by atoms with Crippen molar-refractivity contribution in [2.75, 3.05) is 18.4 Å². The van der Waals surface area contributed by atoms with Crippen LogP contribution in [0.4, 0.5) is 5.82 Å². The van der Waals surface area contributed by atoms with Gasteiger partial charge in [0, 0.05) is 19.3 Å². The molecule has 5 nitrogen and oxygen atoms in total. The maximum atomic E-state index is 12.0. The van der Waals surface area contributed by atoms with Gasteiger partial charge in [-0.15, -0.1) is 0 Å². The third-order valence-electron chi connectivity index (χ3n) is 3.34. The number of pyridine rings is 1. The fourth-order valence-corrected chi connectivity index (χ4v) is 2.02. The molecule has 1 heterocycles. The average molecular weight is 298 g/mol. The molecule has 0 aliphatic rings. The number of aryl methyl sites for hydroxylation is 1. The third kappa shape index (κ3) is 4.86. The molecule has 0 spiro atoms. The zero-order valence-corrected chi connectivity index (χ0v) is 12.8. The Bertz CT molecular complexity index is 583. The molecular weight excluding hydrogens is 276 g/mol. The quantitative estimate of drug-likeness (QED) is 0.683. The topological polar surface area (TPSA) is 80.0 Å². The molecule has 0 aliphatic carbocycles. The van der Waals surface area contributed by atoms with E-state index in [0.29, 0.717) is 6.54 Å². The highest BCUT2D eigenvalue weighted by molar-refractivity contribution is 5.82. The van der Waals surface area contributed by atoms with Crippen molar-refractivity contribution in [1.29, 1.82) is 0 Å². The van der Waals surface area contributed by atoms with Gasteiger partial charge in [-0.1, -0.05) is 35.9 Å². The minimum atomic E-state index is -0.621. The van der Waals surface area contributed by atoms with Gasteiger partial charge in [-0.3, -0.25) is 4.79 Å². The van der Waals surface area contributed by atoms with Crippen LogP contribution >= 0.6 is 0 Å². The van der Waals surface area contributed by atoms with E-state index in [1.54, 1.807) is 6.20 Å². The SMILES string of the molecule is Cc1ccc(C(N)C(=O)NCCCNc2ccccn2)cc1. The molecule has 0 fully saturated rings. The van der Waals surface area contributed by atoms with Crippen molar-refractivity contribution in [3.63, 3.8) is 0 Å². The zero-order valence-electron chi connectivity index (χ0n) is 12.8. The standard InChI is InChI=1S/C17H22N4O/c1-13-6-8-14(9-7-13)16(18)17(22)21-12-4-11-20-15-5-2-3-10-19-15/h2-3,5-10,16H,4,11-12,18H2,1H3,(H,19,20)(H,21,22). The minimum absolute atomic E-state index is 0.151. The number of amides is 1. The lowest BCUT2D eigenvalue weighted by Crippen LogP contribution is -2.35. The number of nitrogens with one attached hydrogen (secondary N) is 2. The van der Waals surface area contributed by atoms with E-state index >= 15 is 0 Å². The van der Waals surface area contributed by atoms with Crippen LogP contribution in [-0.4, -0.2) is 24.0 Å². The normalized spacial score (nSPS) is 11.7. The van der Waals surface area contributed by atoms with Crippen LogP contribution in [0.15, 0.2) is 48.7 Å². The Morgan fingerprint density at radius 2 is 1.95 bits per heavy atom. The molecule has 1 amide bonds. The lowest BCUT2D eigenvalue weighted by Gasteiger charge is -2.13. The van der Waals surface area contributed by atoms with Gasteiger partial charge >= 0.3 is 0 Å². The van der Waals surface area contributed by atoms with E-state index in [9.17, 15) is 4.79 Å². The number of hydrogen-bond donors (Lipinski definition) is 3. The van der Waals surface area contributed by atoms with Gasteiger partial charge in [0.25, 0.3) is 0 Å². The van der Waals surface area contributed by atoms with Gasteiger partial charge in [0.15, 0.2) is 0 Å². The number of aromatic nitrogens is 1. The maximum absolute atomic E-state index is 12.0. The smallest absolute Gasteiger partial charge is 0.241 e. The van der Waals surface area contributed by atoms with Crippen molar-refractivity contribution in [3.05, 3.63) is 59.8 Å². The molecule has 4 N–H and O–H groups in total. The molecule has 0 saturated carbocycles. The molecular formula is C17H22N4O. The Balaban J connectivity index is 1.68. The first-order valence-electron chi connectivity index (χ1n) is 7.41. The largest absolute Gasteiger partial charge is 0.370 e. The summed E-state index contributed by atoms with van der Waals surface area (Å²) in [4.78, 5) is 16.2. The number of nitrogens with zero attached hydrogens (tertiary/aromatic N) is 1. The van der Waals surface area contributed by atoms with Crippen LogP contribution in [0, 0.1) is 6.92 Å². The Kier molecular flexibility index (Phi) is 5.91. The molecule has 1 aromatic heterocycles. The van der Waals surface area contributed by atoms with E-state index in [4.69, 9.17) is 5.73 Å². The summed E-state index contributed by atoms with van der Waals surface area (Å²) in [6, 6.07) is 12.8. The van der Waals surface area contributed by atoms with E-state index in [0.717, 1.165) is 29.9 Å². The molecule has 22 heavy (non-hydrogen) atoms. The number of benzene rings is 1. The summed E-state index contributed by atoms with van der Waals surface area (Å²) in [6.07, 6.45) is 2.55. The van der Waals surface area contributed by atoms with Gasteiger partial charge < -0.3 is 16.4 Å². The van der Waals surface area contributed by atoms with E-state index in [2.05, 4.69) is 15.6 Å². The Morgan fingerprint density at radius 1 is 1.18 bits per heavy atom. The molecule has 0 radical (unpaired) electrons. The predicted molar refractivity (Wildman–Crippen MR) is 88.5 cm³/mol. The molecule has 1 unspecified atom stereocenters. The number of anilines is 1. The van der Waals surface area contributed by atoms with Crippen LogP contribution in [0.1, 0.15) is 23.6 Å². The molecule has 0 aliphatic heterocycles. The first kappa shape index (κ1) is 16.0. The predicted octanol–water partition coefficient (Wildman–Crippen LogP) is 2.01. The zero-order chi connectivity index (χ0) is 15.8. The maximum Gasteiger partial charge on any atom is 0.241 e. The number of rotatable bonds is 7. The van der Waals surface area contributed by atoms with Gasteiger partial charge in [-0.25, -0.2) is 4.98 Å². The van der Waals surface area contributed by atoms with Crippen LogP contribution in [0.2, 0.25) is 0 Å². The average Bonchev–Trinajstić information content (AvgIpc) is 2.55. The summed E-state index contributed by atoms with van der Waals surface area (Å²) in [5.74, 6) is 0.687. The number of hydrogen-bond acceptors (Lipinski definition) is 4. The molecule has 0 bridgehead atoms. The number of carbonyl (C=O) groups excluding carboxylic acids is 1. The van der Waals surface area contributed by atoms with Gasteiger partial charge in [-0.05, 0) is 31.0 Å². The first-order valence-corrected chi connectivity index (χ1v) is 7.41.